The minimum Gasteiger partial charge on any atom is -0.392 e. The van der Waals surface area contributed by atoms with Gasteiger partial charge in [-0.1, -0.05) is 28.1 Å². The van der Waals surface area contributed by atoms with Crippen molar-refractivity contribution in [2.45, 2.75) is 13.2 Å². The van der Waals surface area contributed by atoms with Gasteiger partial charge in [0.25, 0.3) is 0 Å². The van der Waals surface area contributed by atoms with E-state index >= 15 is 0 Å². The van der Waals surface area contributed by atoms with E-state index in [1.54, 1.807) is 12.4 Å². The Morgan fingerprint density at radius 1 is 1.33 bits per heavy atom. The summed E-state index contributed by atoms with van der Waals surface area (Å²) in [5.41, 5.74) is 3.06. The maximum atomic E-state index is 9.30. The van der Waals surface area contributed by atoms with E-state index in [0.717, 1.165) is 22.3 Å². The monoisotopic (exact) mass is 306 g/mol. The first-order valence-corrected chi connectivity index (χ1v) is 6.49. The van der Waals surface area contributed by atoms with Gasteiger partial charge in [-0.2, -0.15) is 0 Å². The van der Waals surface area contributed by atoms with Crippen LogP contribution in [-0.2, 0) is 13.2 Å². The quantitative estimate of drug-likeness (QED) is 0.943. The molecule has 0 aliphatic carbocycles. The molecule has 0 unspecified atom stereocenters. The third-order valence-electron chi connectivity index (χ3n) is 2.77. The fraction of sp³-hybridized carbons (Fsp3) is 0.214. The highest BCUT2D eigenvalue weighted by molar-refractivity contribution is 9.10. The Morgan fingerprint density at radius 2 is 2.17 bits per heavy atom. The number of rotatable bonds is 4. The van der Waals surface area contributed by atoms with Gasteiger partial charge in [0, 0.05) is 41.7 Å². The Morgan fingerprint density at radius 3 is 2.89 bits per heavy atom. The molecule has 1 heterocycles. The molecule has 4 heteroatoms. The molecule has 1 aromatic carbocycles. The van der Waals surface area contributed by atoms with E-state index in [-0.39, 0.29) is 6.61 Å². The summed E-state index contributed by atoms with van der Waals surface area (Å²) in [7, 11) is 2.01. The molecule has 94 valence electrons. The third kappa shape index (κ3) is 3.09. The zero-order chi connectivity index (χ0) is 13.0. The van der Waals surface area contributed by atoms with E-state index in [4.69, 9.17) is 0 Å². The van der Waals surface area contributed by atoms with Crippen LogP contribution >= 0.6 is 15.9 Å². The molecule has 0 spiro atoms. The molecule has 2 rings (SSSR count). The second kappa shape index (κ2) is 5.98. The normalized spacial score (nSPS) is 10.4. The molecule has 0 saturated heterocycles. The van der Waals surface area contributed by atoms with Crippen LogP contribution in [-0.4, -0.2) is 17.1 Å². The molecule has 0 fully saturated rings. The summed E-state index contributed by atoms with van der Waals surface area (Å²) >= 11 is 3.47. The van der Waals surface area contributed by atoms with E-state index in [1.807, 2.05) is 25.2 Å². The van der Waals surface area contributed by atoms with Gasteiger partial charge in [0.05, 0.1) is 6.61 Å². The van der Waals surface area contributed by atoms with Gasteiger partial charge >= 0.3 is 0 Å². The van der Waals surface area contributed by atoms with E-state index in [9.17, 15) is 5.11 Å². The summed E-state index contributed by atoms with van der Waals surface area (Å²) in [5.74, 6) is 0. The minimum atomic E-state index is 0.00595. The van der Waals surface area contributed by atoms with Crippen molar-refractivity contribution in [3.8, 4) is 0 Å². The molecule has 0 amide bonds. The molecule has 0 radical (unpaired) electrons. The molecule has 0 atom stereocenters. The van der Waals surface area contributed by atoms with Gasteiger partial charge in [-0.3, -0.25) is 4.98 Å². The number of halogens is 1. The summed E-state index contributed by atoms with van der Waals surface area (Å²) in [4.78, 5) is 6.13. The van der Waals surface area contributed by atoms with Crippen LogP contribution in [0.4, 0.5) is 5.69 Å². The summed E-state index contributed by atoms with van der Waals surface area (Å²) in [5, 5.41) is 9.30. The van der Waals surface area contributed by atoms with Gasteiger partial charge in [-0.05, 0) is 23.8 Å². The highest BCUT2D eigenvalue weighted by Gasteiger charge is 2.07. The highest BCUT2D eigenvalue weighted by atomic mass is 79.9. The largest absolute Gasteiger partial charge is 0.392 e. The number of nitrogens with zero attached hydrogens (tertiary/aromatic N) is 2. The molecule has 3 nitrogen and oxygen atoms in total. The fourth-order valence-corrected chi connectivity index (χ4v) is 2.36. The predicted molar refractivity (Wildman–Crippen MR) is 76.4 cm³/mol. The zero-order valence-electron chi connectivity index (χ0n) is 10.2. The lowest BCUT2D eigenvalue weighted by Gasteiger charge is -2.21. The second-order valence-electron chi connectivity index (χ2n) is 4.15. The molecule has 0 aliphatic heterocycles. The Bertz CT molecular complexity index is 531. The van der Waals surface area contributed by atoms with Crippen LogP contribution in [0.25, 0.3) is 0 Å². The highest BCUT2D eigenvalue weighted by Crippen LogP contribution is 2.21. The van der Waals surface area contributed by atoms with E-state index < -0.39 is 0 Å². The first kappa shape index (κ1) is 13.1. The van der Waals surface area contributed by atoms with Crippen molar-refractivity contribution in [3.05, 3.63) is 58.3 Å². The lowest BCUT2D eigenvalue weighted by atomic mass is 10.2. The molecule has 0 bridgehead atoms. The smallest absolute Gasteiger partial charge is 0.0717 e. The number of aliphatic hydroxyl groups excluding tert-OH is 1. The molecule has 1 aromatic heterocycles. The molecule has 2 aromatic rings. The summed E-state index contributed by atoms with van der Waals surface area (Å²) in [6, 6.07) is 10.1. The number of pyridine rings is 1. The Balaban J connectivity index is 2.19. The topological polar surface area (TPSA) is 36.4 Å². The van der Waals surface area contributed by atoms with Gasteiger partial charge in [0.1, 0.15) is 0 Å². The number of benzene rings is 1. The van der Waals surface area contributed by atoms with Gasteiger partial charge in [0.15, 0.2) is 0 Å². The molecular formula is C14H15BrN2O. The van der Waals surface area contributed by atoms with E-state index in [2.05, 4.69) is 37.9 Å². The minimum absolute atomic E-state index is 0.00595. The van der Waals surface area contributed by atoms with Crippen LogP contribution in [0.3, 0.4) is 0 Å². The van der Waals surface area contributed by atoms with Crippen LogP contribution in [0.15, 0.2) is 47.2 Å². The van der Waals surface area contributed by atoms with Crippen molar-refractivity contribution in [2.75, 3.05) is 11.9 Å². The van der Waals surface area contributed by atoms with Crippen molar-refractivity contribution in [1.29, 1.82) is 0 Å². The molecule has 0 aliphatic rings. The Kier molecular flexibility index (Phi) is 4.33. The van der Waals surface area contributed by atoms with Crippen molar-refractivity contribution < 1.29 is 5.11 Å². The van der Waals surface area contributed by atoms with Gasteiger partial charge in [0.2, 0.25) is 0 Å². The van der Waals surface area contributed by atoms with Crippen LogP contribution in [0.5, 0.6) is 0 Å². The first-order chi connectivity index (χ1) is 8.70. The number of hydrogen-bond donors (Lipinski definition) is 1. The van der Waals surface area contributed by atoms with E-state index in [1.165, 1.54) is 5.56 Å². The van der Waals surface area contributed by atoms with Gasteiger partial charge < -0.3 is 10.0 Å². The second-order valence-corrected chi connectivity index (χ2v) is 5.06. The van der Waals surface area contributed by atoms with Crippen molar-refractivity contribution in [3.63, 3.8) is 0 Å². The number of aliphatic hydroxyl groups is 1. The Hall–Kier alpha value is -1.39. The van der Waals surface area contributed by atoms with Crippen LogP contribution in [0.1, 0.15) is 11.1 Å². The molecule has 18 heavy (non-hydrogen) atoms. The van der Waals surface area contributed by atoms with Crippen LogP contribution < -0.4 is 4.90 Å². The summed E-state index contributed by atoms with van der Waals surface area (Å²) in [6.45, 7) is 0.794. The average Bonchev–Trinajstić information content (AvgIpc) is 2.38. The number of aromatic nitrogens is 1. The lowest BCUT2D eigenvalue weighted by Crippen LogP contribution is -2.18. The third-order valence-corrected chi connectivity index (χ3v) is 3.26. The van der Waals surface area contributed by atoms with Crippen molar-refractivity contribution in [1.82, 2.24) is 4.98 Å². The predicted octanol–water partition coefficient (Wildman–Crippen LogP) is 2.97. The SMILES string of the molecule is CN(Cc1cccc(Br)c1)c1ccncc1CO. The number of hydrogen-bond acceptors (Lipinski definition) is 3. The molecule has 1 N–H and O–H groups in total. The fourth-order valence-electron chi connectivity index (χ4n) is 1.91. The maximum absolute atomic E-state index is 9.30. The molecule has 0 saturated carbocycles. The lowest BCUT2D eigenvalue weighted by molar-refractivity contribution is 0.281. The molecular weight excluding hydrogens is 292 g/mol. The van der Waals surface area contributed by atoms with Crippen LogP contribution in [0, 0.1) is 0 Å². The summed E-state index contributed by atoms with van der Waals surface area (Å²) in [6.07, 6.45) is 3.44. The maximum Gasteiger partial charge on any atom is 0.0717 e. The standard InChI is InChI=1S/C14H15BrN2O/c1-17(9-11-3-2-4-13(15)7-11)14-5-6-16-8-12(14)10-18/h2-8,18H,9-10H2,1H3. The van der Waals surface area contributed by atoms with Gasteiger partial charge in [-0.15, -0.1) is 0 Å². The zero-order valence-corrected chi connectivity index (χ0v) is 11.8. The Labute approximate surface area is 115 Å². The summed E-state index contributed by atoms with van der Waals surface area (Å²) < 4.78 is 1.07. The van der Waals surface area contributed by atoms with Crippen molar-refractivity contribution in [2.24, 2.45) is 0 Å². The first-order valence-electron chi connectivity index (χ1n) is 5.70. The number of anilines is 1. The average molecular weight is 307 g/mol. The van der Waals surface area contributed by atoms with Gasteiger partial charge in [-0.25, -0.2) is 0 Å². The van der Waals surface area contributed by atoms with Crippen molar-refractivity contribution >= 4 is 21.6 Å². The van der Waals surface area contributed by atoms with E-state index in [0.29, 0.717) is 0 Å². The van der Waals surface area contributed by atoms with Crippen LogP contribution in [0.2, 0.25) is 0 Å².